The van der Waals surface area contributed by atoms with Gasteiger partial charge in [0.15, 0.2) is 0 Å². The summed E-state index contributed by atoms with van der Waals surface area (Å²) >= 11 is 0. The molecule has 5 N–H and O–H groups in total. The Bertz CT molecular complexity index is 517. The predicted octanol–water partition coefficient (Wildman–Crippen LogP) is 2.17. The summed E-state index contributed by atoms with van der Waals surface area (Å²) in [5.41, 5.74) is 14.3. The summed E-state index contributed by atoms with van der Waals surface area (Å²) in [6.45, 7) is 2.24. The zero-order valence-electron chi connectivity index (χ0n) is 9.05. The van der Waals surface area contributed by atoms with E-state index in [4.69, 9.17) is 11.5 Å². The van der Waals surface area contributed by atoms with Crippen LogP contribution in [-0.2, 0) is 6.54 Å². The monoisotopic (exact) mass is 219 g/mol. The zero-order valence-corrected chi connectivity index (χ0v) is 9.05. The molecule has 2 aromatic rings. The number of halogens is 1. The minimum Gasteiger partial charge on any atom is -0.385 e. The number of anilines is 1. The Morgan fingerprint density at radius 2 is 2.00 bits per heavy atom. The average Bonchev–Trinajstić information content (AvgIpc) is 2.55. The van der Waals surface area contributed by atoms with Crippen molar-refractivity contribution in [2.45, 2.75) is 13.5 Å². The highest BCUT2D eigenvalue weighted by Crippen LogP contribution is 2.30. The van der Waals surface area contributed by atoms with Crippen molar-refractivity contribution in [3.8, 4) is 11.3 Å². The van der Waals surface area contributed by atoms with Gasteiger partial charge < -0.3 is 16.5 Å². The Labute approximate surface area is 93.3 Å². The number of rotatable bonds is 2. The lowest BCUT2D eigenvalue weighted by atomic mass is 10.1. The van der Waals surface area contributed by atoms with Crippen LogP contribution in [0.5, 0.6) is 0 Å². The quantitative estimate of drug-likeness (QED) is 0.724. The molecule has 1 aromatic heterocycles. The molecule has 0 aliphatic rings. The summed E-state index contributed by atoms with van der Waals surface area (Å²) in [4.78, 5) is 2.98. The molecule has 0 aliphatic carbocycles. The molecule has 84 valence electrons. The Morgan fingerprint density at radius 3 is 2.56 bits per heavy atom. The minimum absolute atomic E-state index is 0.268. The van der Waals surface area contributed by atoms with Crippen LogP contribution < -0.4 is 11.5 Å². The van der Waals surface area contributed by atoms with Crippen molar-refractivity contribution < 1.29 is 4.39 Å². The van der Waals surface area contributed by atoms with E-state index in [0.717, 1.165) is 11.1 Å². The first-order chi connectivity index (χ1) is 7.65. The van der Waals surface area contributed by atoms with Crippen LogP contribution in [0, 0.1) is 12.7 Å². The van der Waals surface area contributed by atoms with Crippen LogP contribution in [0.2, 0.25) is 0 Å². The van der Waals surface area contributed by atoms with Gasteiger partial charge in [0, 0.05) is 17.7 Å². The lowest BCUT2D eigenvalue weighted by Gasteiger charge is -2.02. The van der Waals surface area contributed by atoms with Gasteiger partial charge in [-0.2, -0.15) is 0 Å². The van der Waals surface area contributed by atoms with Crippen LogP contribution in [-0.4, -0.2) is 4.98 Å². The molecule has 4 heteroatoms. The molecule has 0 aliphatic heterocycles. The van der Waals surface area contributed by atoms with Gasteiger partial charge in [-0.15, -0.1) is 0 Å². The molecule has 0 radical (unpaired) electrons. The van der Waals surface area contributed by atoms with E-state index in [1.54, 1.807) is 18.2 Å². The lowest BCUT2D eigenvalue weighted by molar-refractivity contribution is 0.631. The van der Waals surface area contributed by atoms with Gasteiger partial charge in [0.2, 0.25) is 0 Å². The number of H-pyrrole nitrogens is 1. The summed E-state index contributed by atoms with van der Waals surface area (Å²) in [5, 5.41) is 0. The molecule has 1 aromatic carbocycles. The fraction of sp³-hybridized carbons (Fsp3) is 0.167. The third-order valence-electron chi connectivity index (χ3n) is 2.76. The molecule has 0 unspecified atom stereocenters. The van der Waals surface area contributed by atoms with Crippen LogP contribution in [0.1, 0.15) is 11.1 Å². The number of hydrogen-bond donors (Lipinski definition) is 3. The van der Waals surface area contributed by atoms with Crippen LogP contribution in [0.25, 0.3) is 11.3 Å². The summed E-state index contributed by atoms with van der Waals surface area (Å²) in [7, 11) is 0. The molecule has 0 spiro atoms. The predicted molar refractivity (Wildman–Crippen MR) is 63.2 cm³/mol. The fourth-order valence-corrected chi connectivity index (χ4v) is 1.85. The second kappa shape index (κ2) is 3.98. The van der Waals surface area contributed by atoms with Gasteiger partial charge in [0.05, 0.1) is 5.69 Å². The van der Waals surface area contributed by atoms with Crippen molar-refractivity contribution in [3.05, 3.63) is 41.2 Å². The molecule has 3 nitrogen and oxygen atoms in total. The van der Waals surface area contributed by atoms with Crippen molar-refractivity contribution in [2.75, 3.05) is 5.73 Å². The standard InChI is InChI=1S/C12H14FN3/c1-7-9(6-14)12(15)16-11(7)8-4-2-3-5-10(8)13/h2-5,16H,6,14-15H2,1H3. The molecule has 0 fully saturated rings. The molecule has 1 heterocycles. The first-order valence-electron chi connectivity index (χ1n) is 5.07. The first-order valence-corrected chi connectivity index (χ1v) is 5.07. The van der Waals surface area contributed by atoms with Gasteiger partial charge >= 0.3 is 0 Å². The Kier molecular flexibility index (Phi) is 2.66. The number of hydrogen-bond acceptors (Lipinski definition) is 2. The third kappa shape index (κ3) is 1.57. The van der Waals surface area contributed by atoms with E-state index < -0.39 is 0 Å². The average molecular weight is 219 g/mol. The number of nitrogens with one attached hydrogen (secondary N) is 1. The SMILES string of the molecule is Cc1c(-c2ccccc2F)[nH]c(N)c1CN. The highest BCUT2D eigenvalue weighted by molar-refractivity contribution is 5.70. The summed E-state index contributed by atoms with van der Waals surface area (Å²) in [6.07, 6.45) is 0. The molecular formula is C12H14FN3. The summed E-state index contributed by atoms with van der Waals surface area (Å²) in [6, 6.07) is 6.59. The molecule has 2 rings (SSSR count). The topological polar surface area (TPSA) is 67.8 Å². The molecule has 0 atom stereocenters. The zero-order chi connectivity index (χ0) is 11.7. The van der Waals surface area contributed by atoms with E-state index in [9.17, 15) is 4.39 Å². The number of aromatic nitrogens is 1. The minimum atomic E-state index is -0.268. The van der Waals surface area contributed by atoms with E-state index in [2.05, 4.69) is 4.98 Å². The second-order valence-corrected chi connectivity index (χ2v) is 3.70. The van der Waals surface area contributed by atoms with Crippen molar-refractivity contribution in [2.24, 2.45) is 5.73 Å². The Morgan fingerprint density at radius 1 is 1.31 bits per heavy atom. The van der Waals surface area contributed by atoms with Gasteiger partial charge in [-0.3, -0.25) is 0 Å². The van der Waals surface area contributed by atoms with E-state index in [1.807, 2.05) is 6.92 Å². The molecule has 16 heavy (non-hydrogen) atoms. The van der Waals surface area contributed by atoms with Gasteiger partial charge in [-0.1, -0.05) is 12.1 Å². The highest BCUT2D eigenvalue weighted by atomic mass is 19.1. The smallest absolute Gasteiger partial charge is 0.132 e. The van der Waals surface area contributed by atoms with Gasteiger partial charge in [0.25, 0.3) is 0 Å². The van der Waals surface area contributed by atoms with Gasteiger partial charge in [-0.25, -0.2) is 4.39 Å². The molecule has 0 saturated carbocycles. The van der Waals surface area contributed by atoms with E-state index in [-0.39, 0.29) is 5.82 Å². The Hall–Kier alpha value is -1.81. The maximum atomic E-state index is 13.6. The van der Waals surface area contributed by atoms with E-state index in [1.165, 1.54) is 6.07 Å². The Balaban J connectivity index is 2.62. The fourth-order valence-electron chi connectivity index (χ4n) is 1.85. The van der Waals surface area contributed by atoms with Crippen molar-refractivity contribution in [1.29, 1.82) is 0 Å². The molecular weight excluding hydrogens is 205 g/mol. The first kappa shape index (κ1) is 10.7. The molecule has 0 bridgehead atoms. The number of aromatic amines is 1. The van der Waals surface area contributed by atoms with E-state index >= 15 is 0 Å². The normalized spacial score (nSPS) is 10.7. The summed E-state index contributed by atoms with van der Waals surface area (Å²) < 4.78 is 13.6. The maximum Gasteiger partial charge on any atom is 0.132 e. The van der Waals surface area contributed by atoms with Crippen LogP contribution in [0.4, 0.5) is 10.2 Å². The lowest BCUT2D eigenvalue weighted by Crippen LogP contribution is -2.00. The van der Waals surface area contributed by atoms with Gasteiger partial charge in [-0.05, 0) is 24.6 Å². The van der Waals surface area contributed by atoms with E-state index in [0.29, 0.717) is 23.6 Å². The van der Waals surface area contributed by atoms with Crippen molar-refractivity contribution in [1.82, 2.24) is 4.98 Å². The maximum absolute atomic E-state index is 13.6. The molecule has 0 saturated heterocycles. The number of nitrogen functional groups attached to an aromatic ring is 1. The van der Waals surface area contributed by atoms with Crippen molar-refractivity contribution in [3.63, 3.8) is 0 Å². The summed E-state index contributed by atoms with van der Waals surface area (Å²) in [5.74, 6) is 0.244. The largest absolute Gasteiger partial charge is 0.385 e. The second-order valence-electron chi connectivity index (χ2n) is 3.70. The van der Waals surface area contributed by atoms with Crippen LogP contribution in [0.15, 0.2) is 24.3 Å². The van der Waals surface area contributed by atoms with Crippen LogP contribution >= 0.6 is 0 Å². The number of nitrogens with two attached hydrogens (primary N) is 2. The van der Waals surface area contributed by atoms with Gasteiger partial charge in [0.1, 0.15) is 11.6 Å². The molecule has 0 amide bonds. The third-order valence-corrected chi connectivity index (χ3v) is 2.76. The van der Waals surface area contributed by atoms with Crippen LogP contribution in [0.3, 0.4) is 0 Å². The van der Waals surface area contributed by atoms with Crippen molar-refractivity contribution >= 4 is 5.82 Å². The number of benzene rings is 1. The highest BCUT2D eigenvalue weighted by Gasteiger charge is 2.14.